The molecule has 3 rings (SSSR count). The molecule has 23 heavy (non-hydrogen) atoms. The maximum absolute atomic E-state index is 11.9. The number of amides is 1. The van der Waals surface area contributed by atoms with Gasteiger partial charge in [-0.15, -0.1) is 0 Å². The molecule has 0 unspecified atom stereocenters. The van der Waals surface area contributed by atoms with Crippen LogP contribution in [0.15, 0.2) is 24.3 Å². The van der Waals surface area contributed by atoms with Gasteiger partial charge in [-0.25, -0.2) is 0 Å². The molecule has 0 radical (unpaired) electrons. The fourth-order valence-electron chi connectivity index (χ4n) is 4.11. The van der Waals surface area contributed by atoms with Crippen molar-refractivity contribution in [1.82, 2.24) is 0 Å². The Morgan fingerprint density at radius 1 is 1.26 bits per heavy atom. The number of benzene rings is 1. The highest BCUT2D eigenvalue weighted by Gasteiger charge is 2.40. The molecule has 1 N–H and O–H groups in total. The topological polar surface area (TPSA) is 55.4 Å². The predicted molar refractivity (Wildman–Crippen MR) is 89.0 cm³/mol. The second-order valence-corrected chi connectivity index (χ2v) is 6.90. The van der Waals surface area contributed by atoms with Crippen LogP contribution in [0.1, 0.15) is 44.6 Å². The van der Waals surface area contributed by atoms with Crippen molar-refractivity contribution < 1.29 is 14.3 Å². The van der Waals surface area contributed by atoms with Gasteiger partial charge in [-0.1, -0.05) is 25.5 Å². The first kappa shape index (κ1) is 16.0. The van der Waals surface area contributed by atoms with E-state index < -0.39 is 0 Å². The van der Waals surface area contributed by atoms with Crippen LogP contribution in [0.3, 0.4) is 0 Å². The summed E-state index contributed by atoms with van der Waals surface area (Å²) < 4.78 is 5.15. The summed E-state index contributed by atoms with van der Waals surface area (Å²) in [4.78, 5) is 23.8. The van der Waals surface area contributed by atoms with Crippen LogP contribution in [-0.2, 0) is 20.7 Å². The second-order valence-electron chi connectivity index (χ2n) is 6.90. The Bertz CT molecular complexity index is 584. The Morgan fingerprint density at radius 2 is 2.13 bits per heavy atom. The summed E-state index contributed by atoms with van der Waals surface area (Å²) in [6.45, 7) is 1.87. The third kappa shape index (κ3) is 4.12. The lowest BCUT2D eigenvalue weighted by atomic mass is 9.86. The van der Waals surface area contributed by atoms with E-state index in [2.05, 4.69) is 12.2 Å². The number of aryl methyl sites for hydroxylation is 1. The lowest BCUT2D eigenvalue weighted by Crippen LogP contribution is -2.23. The number of anilines is 1. The van der Waals surface area contributed by atoms with E-state index in [4.69, 9.17) is 4.74 Å². The van der Waals surface area contributed by atoms with Gasteiger partial charge in [0.25, 0.3) is 5.91 Å². The summed E-state index contributed by atoms with van der Waals surface area (Å²) in [5.74, 6) is 1.50. The van der Waals surface area contributed by atoms with Crippen LogP contribution >= 0.6 is 0 Å². The first-order valence-corrected chi connectivity index (χ1v) is 8.68. The minimum Gasteiger partial charge on any atom is -0.456 e. The normalized spacial score (nSPS) is 25.3. The third-order valence-corrected chi connectivity index (χ3v) is 5.30. The fraction of sp³-hybridized carbons (Fsp3) is 0.579. The second kappa shape index (κ2) is 7.16. The van der Waals surface area contributed by atoms with E-state index in [0.29, 0.717) is 18.3 Å². The van der Waals surface area contributed by atoms with Gasteiger partial charge in [-0.3, -0.25) is 9.59 Å². The number of esters is 1. The molecule has 4 nitrogen and oxygen atoms in total. The van der Waals surface area contributed by atoms with Gasteiger partial charge in [0.05, 0.1) is 0 Å². The van der Waals surface area contributed by atoms with Crippen LogP contribution in [-0.4, -0.2) is 18.5 Å². The number of carbonyl (C=O) groups excluding carboxylic acids is 2. The Kier molecular flexibility index (Phi) is 4.99. The molecule has 1 aromatic rings. The van der Waals surface area contributed by atoms with E-state index in [1.165, 1.54) is 19.3 Å². The summed E-state index contributed by atoms with van der Waals surface area (Å²) in [5.41, 5.74) is 1.91. The van der Waals surface area contributed by atoms with Crippen LogP contribution in [0.25, 0.3) is 0 Å². The molecule has 0 aromatic heterocycles. The maximum atomic E-state index is 11.9. The summed E-state index contributed by atoms with van der Waals surface area (Å²) >= 11 is 0. The standard InChI is InChI=1S/C19H25NO3/c1-2-13-4-3-5-17(10-13)20-18(21)12-23-19(22)11-16-9-14-6-7-15(16)8-14/h3-5,10,14-16H,2,6-9,11-12H2,1H3,(H,20,21)/t14-,15-,16+/m1/s1. The zero-order valence-corrected chi connectivity index (χ0v) is 13.7. The lowest BCUT2D eigenvalue weighted by molar-refractivity contribution is -0.148. The van der Waals surface area contributed by atoms with Crippen molar-refractivity contribution in [3.8, 4) is 0 Å². The minimum atomic E-state index is -0.278. The molecule has 2 aliphatic rings. The van der Waals surface area contributed by atoms with Gasteiger partial charge in [0.15, 0.2) is 6.61 Å². The minimum absolute atomic E-state index is 0.198. The van der Waals surface area contributed by atoms with Crippen LogP contribution < -0.4 is 5.32 Å². The summed E-state index contributed by atoms with van der Waals surface area (Å²) in [5, 5.41) is 2.78. The van der Waals surface area contributed by atoms with Gasteiger partial charge in [0, 0.05) is 12.1 Å². The molecule has 0 heterocycles. The Hall–Kier alpha value is -1.84. The van der Waals surface area contributed by atoms with Crippen molar-refractivity contribution in [2.24, 2.45) is 17.8 Å². The molecule has 2 aliphatic carbocycles. The largest absolute Gasteiger partial charge is 0.456 e. The molecule has 124 valence electrons. The number of fused-ring (bicyclic) bond motifs is 2. The molecule has 0 aliphatic heterocycles. The van der Waals surface area contributed by atoms with Crippen molar-refractivity contribution in [2.45, 2.75) is 45.4 Å². The molecule has 1 aromatic carbocycles. The highest BCUT2D eigenvalue weighted by molar-refractivity contribution is 5.92. The van der Waals surface area contributed by atoms with Crippen molar-refractivity contribution in [1.29, 1.82) is 0 Å². The van der Waals surface area contributed by atoms with Crippen LogP contribution in [0.4, 0.5) is 5.69 Å². The summed E-state index contributed by atoms with van der Waals surface area (Å²) in [7, 11) is 0. The number of rotatable bonds is 6. The molecule has 2 saturated carbocycles. The number of carbonyl (C=O) groups is 2. The lowest BCUT2D eigenvalue weighted by Gasteiger charge is -2.20. The molecule has 4 heteroatoms. The zero-order chi connectivity index (χ0) is 16.2. The summed E-state index contributed by atoms with van der Waals surface area (Å²) in [6, 6.07) is 7.71. The number of ether oxygens (including phenoxy) is 1. The van der Waals surface area contributed by atoms with E-state index in [9.17, 15) is 9.59 Å². The van der Waals surface area contributed by atoms with Gasteiger partial charge in [-0.2, -0.15) is 0 Å². The first-order chi connectivity index (χ1) is 11.1. The van der Waals surface area contributed by atoms with Gasteiger partial charge in [0.2, 0.25) is 0 Å². The highest BCUT2D eigenvalue weighted by atomic mass is 16.5. The smallest absolute Gasteiger partial charge is 0.306 e. The molecule has 1 amide bonds. The SMILES string of the molecule is CCc1cccc(NC(=O)COC(=O)C[C@@H]2C[C@@H]3CC[C@@H]2C3)c1. The molecule has 3 atom stereocenters. The number of nitrogens with one attached hydrogen (secondary N) is 1. The molecule has 2 bridgehead atoms. The number of hydrogen-bond acceptors (Lipinski definition) is 3. The number of hydrogen-bond donors (Lipinski definition) is 1. The van der Waals surface area contributed by atoms with E-state index in [0.717, 1.165) is 30.0 Å². The monoisotopic (exact) mass is 315 g/mol. The van der Waals surface area contributed by atoms with E-state index in [-0.39, 0.29) is 18.5 Å². The molecular formula is C19H25NO3. The average molecular weight is 315 g/mol. The van der Waals surface area contributed by atoms with Crippen molar-refractivity contribution in [3.05, 3.63) is 29.8 Å². The van der Waals surface area contributed by atoms with Crippen LogP contribution in [0, 0.1) is 17.8 Å². The highest BCUT2D eigenvalue weighted by Crippen LogP contribution is 2.49. The van der Waals surface area contributed by atoms with E-state index in [1.807, 2.05) is 24.3 Å². The fourth-order valence-corrected chi connectivity index (χ4v) is 4.11. The van der Waals surface area contributed by atoms with E-state index in [1.54, 1.807) is 0 Å². The third-order valence-electron chi connectivity index (χ3n) is 5.30. The maximum Gasteiger partial charge on any atom is 0.306 e. The Labute approximate surface area is 137 Å². The average Bonchev–Trinajstić information content (AvgIpc) is 3.16. The molecular weight excluding hydrogens is 290 g/mol. The Morgan fingerprint density at radius 3 is 2.83 bits per heavy atom. The zero-order valence-electron chi connectivity index (χ0n) is 13.7. The van der Waals surface area contributed by atoms with Crippen molar-refractivity contribution in [3.63, 3.8) is 0 Å². The quantitative estimate of drug-likeness (QED) is 0.817. The van der Waals surface area contributed by atoms with Crippen LogP contribution in [0.5, 0.6) is 0 Å². The van der Waals surface area contributed by atoms with Crippen LogP contribution in [0.2, 0.25) is 0 Å². The molecule has 0 saturated heterocycles. The van der Waals surface area contributed by atoms with Gasteiger partial charge in [0.1, 0.15) is 0 Å². The molecule has 2 fully saturated rings. The van der Waals surface area contributed by atoms with Gasteiger partial charge in [-0.05, 0) is 61.1 Å². The summed E-state index contributed by atoms with van der Waals surface area (Å²) in [6.07, 6.45) is 6.43. The predicted octanol–water partition coefficient (Wildman–Crippen LogP) is 3.56. The van der Waals surface area contributed by atoms with E-state index >= 15 is 0 Å². The van der Waals surface area contributed by atoms with Crippen molar-refractivity contribution >= 4 is 17.6 Å². The van der Waals surface area contributed by atoms with Crippen molar-refractivity contribution in [2.75, 3.05) is 11.9 Å². The molecule has 0 spiro atoms. The van der Waals surface area contributed by atoms with Gasteiger partial charge >= 0.3 is 5.97 Å². The van der Waals surface area contributed by atoms with Gasteiger partial charge < -0.3 is 10.1 Å². The Balaban J connectivity index is 1.40. The first-order valence-electron chi connectivity index (χ1n) is 8.68.